The van der Waals surface area contributed by atoms with Crippen molar-refractivity contribution < 1.29 is 18.7 Å². The molecule has 1 heterocycles. The van der Waals surface area contributed by atoms with Crippen LogP contribution in [0.25, 0.3) is 5.69 Å². The molecule has 0 saturated carbocycles. The number of carbonyl (C=O) groups is 1. The van der Waals surface area contributed by atoms with Crippen molar-refractivity contribution in [2.24, 2.45) is 0 Å². The van der Waals surface area contributed by atoms with Crippen LogP contribution in [0.1, 0.15) is 18.1 Å². The number of ether oxygens (including phenoxy) is 1. The summed E-state index contributed by atoms with van der Waals surface area (Å²) in [6.45, 7) is 5.69. The summed E-state index contributed by atoms with van der Waals surface area (Å²) in [6.07, 6.45) is 0. The standard InChI is InChI=1S/C20H21N3O4S/c1-12-5-10-17(13(2)11-12)21-18(24)14(3)28-19-20(25)27-22-23(19)15-6-8-16(26-4)9-7-15/h5-11,14H,1-4H3,(H-,21,22,24,25)/p+1. The van der Waals surface area contributed by atoms with Crippen molar-refractivity contribution in [3.05, 3.63) is 64.0 Å². The number of amides is 1. The summed E-state index contributed by atoms with van der Waals surface area (Å²) >= 11 is 1.13. The summed E-state index contributed by atoms with van der Waals surface area (Å²) in [7, 11) is 1.58. The van der Waals surface area contributed by atoms with E-state index in [1.807, 2.05) is 32.0 Å². The predicted octanol–water partition coefficient (Wildman–Crippen LogP) is 2.99. The highest BCUT2D eigenvalue weighted by atomic mass is 32.2. The number of H-pyrrole nitrogens is 1. The highest BCUT2D eigenvalue weighted by Gasteiger charge is 2.29. The van der Waals surface area contributed by atoms with Gasteiger partial charge in [0.25, 0.3) is 0 Å². The number of anilines is 1. The summed E-state index contributed by atoms with van der Waals surface area (Å²) in [4.78, 5) is 24.8. The minimum absolute atomic E-state index is 0.196. The van der Waals surface area contributed by atoms with Gasteiger partial charge in [-0.15, -0.1) is 0 Å². The fraction of sp³-hybridized carbons (Fsp3) is 0.250. The smallest absolute Gasteiger partial charge is 0.442 e. The number of hydrogen-bond acceptors (Lipinski definition) is 5. The number of thioether (sulfide) groups is 1. The minimum Gasteiger partial charge on any atom is -0.497 e. The molecule has 0 aliphatic carbocycles. The summed E-state index contributed by atoms with van der Waals surface area (Å²) < 4.78 is 11.6. The van der Waals surface area contributed by atoms with Crippen molar-refractivity contribution in [2.45, 2.75) is 31.0 Å². The Balaban J connectivity index is 1.78. The van der Waals surface area contributed by atoms with E-state index in [2.05, 4.69) is 10.6 Å². The van der Waals surface area contributed by atoms with Gasteiger partial charge in [0.2, 0.25) is 11.6 Å². The van der Waals surface area contributed by atoms with Crippen LogP contribution < -0.4 is 20.4 Å². The lowest BCUT2D eigenvalue weighted by molar-refractivity contribution is -0.704. The van der Waals surface area contributed by atoms with Gasteiger partial charge in [0.1, 0.15) is 5.75 Å². The van der Waals surface area contributed by atoms with Gasteiger partial charge in [-0.2, -0.15) is 0 Å². The second-order valence-corrected chi connectivity index (χ2v) is 7.72. The Morgan fingerprint density at radius 3 is 2.57 bits per heavy atom. The first-order valence-corrected chi connectivity index (χ1v) is 9.59. The number of rotatable bonds is 6. The second-order valence-electron chi connectivity index (χ2n) is 6.39. The van der Waals surface area contributed by atoms with Crippen LogP contribution in [-0.2, 0) is 4.79 Å². The summed E-state index contributed by atoms with van der Waals surface area (Å²) in [6, 6.07) is 13.0. The van der Waals surface area contributed by atoms with Crippen molar-refractivity contribution >= 4 is 23.4 Å². The third-order valence-electron chi connectivity index (χ3n) is 4.24. The molecule has 0 radical (unpaired) electrons. The molecular weight excluding hydrogens is 378 g/mol. The Morgan fingerprint density at radius 1 is 1.21 bits per heavy atom. The van der Waals surface area contributed by atoms with Crippen molar-refractivity contribution in [1.29, 1.82) is 0 Å². The average molecular weight is 400 g/mol. The largest absolute Gasteiger partial charge is 0.497 e. The van der Waals surface area contributed by atoms with E-state index in [9.17, 15) is 9.59 Å². The molecule has 1 aromatic heterocycles. The first-order chi connectivity index (χ1) is 13.4. The third kappa shape index (κ3) is 4.28. The lowest BCUT2D eigenvalue weighted by Gasteiger charge is -2.12. The zero-order chi connectivity index (χ0) is 20.3. The second kappa shape index (κ2) is 8.35. The summed E-state index contributed by atoms with van der Waals surface area (Å²) in [5, 5.41) is 5.26. The van der Waals surface area contributed by atoms with Crippen molar-refractivity contribution in [1.82, 2.24) is 5.27 Å². The molecule has 2 aromatic carbocycles. The number of nitrogens with zero attached hydrogens (tertiary/aromatic N) is 1. The molecule has 0 fully saturated rings. The molecule has 0 aliphatic heterocycles. The van der Waals surface area contributed by atoms with Crippen molar-refractivity contribution in [3.8, 4) is 11.4 Å². The number of methoxy groups -OCH3 is 1. The van der Waals surface area contributed by atoms with Gasteiger partial charge in [-0.3, -0.25) is 9.32 Å². The molecule has 28 heavy (non-hydrogen) atoms. The fourth-order valence-electron chi connectivity index (χ4n) is 2.67. The molecule has 1 atom stereocenters. The maximum absolute atomic E-state index is 12.6. The molecule has 1 amide bonds. The monoisotopic (exact) mass is 400 g/mol. The van der Waals surface area contributed by atoms with Gasteiger partial charge in [-0.1, -0.05) is 17.7 Å². The van der Waals surface area contributed by atoms with Crippen LogP contribution in [-0.4, -0.2) is 23.5 Å². The zero-order valence-electron chi connectivity index (χ0n) is 16.1. The third-order valence-corrected chi connectivity index (χ3v) is 5.38. The molecule has 3 aromatic rings. The normalized spacial score (nSPS) is 11.9. The molecule has 146 valence electrons. The van der Waals surface area contributed by atoms with Gasteiger partial charge >= 0.3 is 10.7 Å². The van der Waals surface area contributed by atoms with E-state index in [4.69, 9.17) is 9.26 Å². The van der Waals surface area contributed by atoms with Gasteiger partial charge < -0.3 is 10.1 Å². The van der Waals surface area contributed by atoms with Crippen LogP contribution in [0.3, 0.4) is 0 Å². The van der Waals surface area contributed by atoms with E-state index < -0.39 is 10.9 Å². The molecular formula is C20H22N3O4S+. The van der Waals surface area contributed by atoms with Crippen LogP contribution >= 0.6 is 11.8 Å². The van der Waals surface area contributed by atoms with Gasteiger partial charge in [0.05, 0.1) is 12.4 Å². The van der Waals surface area contributed by atoms with E-state index >= 15 is 0 Å². The molecule has 2 N–H and O–H groups in total. The van der Waals surface area contributed by atoms with Gasteiger partial charge in [0, 0.05) is 17.8 Å². The maximum Gasteiger partial charge on any atom is 0.442 e. The molecule has 0 bridgehead atoms. The quantitative estimate of drug-likeness (QED) is 0.491. The number of nitrogens with one attached hydrogen (secondary N) is 2. The van der Waals surface area contributed by atoms with E-state index in [1.165, 1.54) is 4.68 Å². The molecule has 3 rings (SSSR count). The van der Waals surface area contributed by atoms with E-state index in [0.717, 1.165) is 28.6 Å². The highest BCUT2D eigenvalue weighted by molar-refractivity contribution is 8.00. The Morgan fingerprint density at radius 2 is 1.93 bits per heavy atom. The van der Waals surface area contributed by atoms with Crippen LogP contribution in [0.4, 0.5) is 5.69 Å². The van der Waals surface area contributed by atoms with Gasteiger partial charge in [0.15, 0.2) is 0 Å². The van der Waals surface area contributed by atoms with Crippen LogP contribution in [0.15, 0.2) is 56.8 Å². The Kier molecular flexibility index (Phi) is 5.89. The SMILES string of the molecule is COc1ccc(-[n+]2[nH]oc(=O)c2SC(C)C(=O)Nc2ccc(C)cc2C)cc1. The molecule has 0 aliphatic rings. The highest BCUT2D eigenvalue weighted by Crippen LogP contribution is 2.22. The van der Waals surface area contributed by atoms with E-state index in [-0.39, 0.29) is 10.9 Å². The molecule has 7 nitrogen and oxygen atoms in total. The molecule has 0 spiro atoms. The van der Waals surface area contributed by atoms with Gasteiger partial charge in [-0.25, -0.2) is 4.79 Å². The zero-order valence-corrected chi connectivity index (χ0v) is 16.9. The lowest BCUT2D eigenvalue weighted by atomic mass is 10.1. The Bertz CT molecular complexity index is 1040. The maximum atomic E-state index is 12.6. The number of benzene rings is 2. The predicted molar refractivity (Wildman–Crippen MR) is 107 cm³/mol. The topological polar surface area (TPSA) is 88.2 Å². The number of aromatic nitrogens is 2. The van der Waals surface area contributed by atoms with Crippen LogP contribution in [0.5, 0.6) is 5.75 Å². The fourth-order valence-corrected chi connectivity index (χ4v) is 3.56. The van der Waals surface area contributed by atoms with Crippen molar-refractivity contribution in [2.75, 3.05) is 12.4 Å². The molecule has 8 heteroatoms. The average Bonchev–Trinajstić information content (AvgIpc) is 3.04. The first kappa shape index (κ1) is 19.8. The summed E-state index contributed by atoms with van der Waals surface area (Å²) in [5.41, 5.74) is 3.03. The summed E-state index contributed by atoms with van der Waals surface area (Å²) in [5.74, 6) is 0.504. The number of aromatic amines is 1. The van der Waals surface area contributed by atoms with Crippen LogP contribution in [0, 0.1) is 13.8 Å². The Hall–Kier alpha value is -3.00. The van der Waals surface area contributed by atoms with Crippen LogP contribution in [0.2, 0.25) is 0 Å². The van der Waals surface area contributed by atoms with E-state index in [0.29, 0.717) is 11.4 Å². The van der Waals surface area contributed by atoms with Crippen molar-refractivity contribution in [3.63, 3.8) is 0 Å². The molecule has 0 saturated heterocycles. The molecule has 1 unspecified atom stereocenters. The minimum atomic E-state index is -0.535. The number of aryl methyl sites for hydroxylation is 2. The number of hydrogen-bond donors (Lipinski definition) is 2. The number of carbonyl (C=O) groups excluding carboxylic acids is 1. The van der Waals surface area contributed by atoms with E-state index in [1.54, 1.807) is 38.3 Å². The van der Waals surface area contributed by atoms with Gasteiger partial charge in [-0.05, 0) is 66.2 Å². The first-order valence-electron chi connectivity index (χ1n) is 8.71. The lowest BCUT2D eigenvalue weighted by Crippen LogP contribution is -2.37. The Labute approximate surface area is 166 Å².